The first kappa shape index (κ1) is 13.3. The van der Waals surface area contributed by atoms with E-state index in [1.165, 1.54) is 0 Å². The van der Waals surface area contributed by atoms with Crippen LogP contribution >= 0.6 is 0 Å². The Labute approximate surface area is 109 Å². The smallest absolute Gasteiger partial charge is 0.128 e. The molecule has 0 aliphatic carbocycles. The van der Waals surface area contributed by atoms with Crippen molar-refractivity contribution in [3.63, 3.8) is 0 Å². The minimum atomic E-state index is 0.0511. The van der Waals surface area contributed by atoms with Crippen LogP contribution in [0.3, 0.4) is 0 Å². The van der Waals surface area contributed by atoms with Gasteiger partial charge in [-0.1, -0.05) is 6.07 Å². The lowest BCUT2D eigenvalue weighted by Crippen LogP contribution is -2.37. The van der Waals surface area contributed by atoms with E-state index in [-0.39, 0.29) is 6.04 Å². The predicted molar refractivity (Wildman–Crippen MR) is 73.7 cm³/mol. The zero-order chi connectivity index (χ0) is 13.0. The minimum Gasteiger partial charge on any atom is -0.378 e. The van der Waals surface area contributed by atoms with Gasteiger partial charge in [-0.2, -0.15) is 0 Å². The summed E-state index contributed by atoms with van der Waals surface area (Å²) in [6.45, 7) is 6.89. The number of rotatable bonds is 4. The van der Waals surface area contributed by atoms with Gasteiger partial charge in [-0.05, 0) is 38.3 Å². The van der Waals surface area contributed by atoms with E-state index in [1.54, 1.807) is 0 Å². The van der Waals surface area contributed by atoms with Gasteiger partial charge in [0.2, 0.25) is 0 Å². The number of pyridine rings is 1. The molecule has 4 nitrogen and oxygen atoms in total. The lowest BCUT2D eigenvalue weighted by molar-refractivity contribution is 0.0458. The van der Waals surface area contributed by atoms with E-state index >= 15 is 0 Å². The maximum atomic E-state index is 5.82. The Kier molecular flexibility index (Phi) is 4.55. The summed E-state index contributed by atoms with van der Waals surface area (Å²) in [5, 5.41) is 0. The van der Waals surface area contributed by atoms with Crippen LogP contribution in [0.1, 0.15) is 38.3 Å². The van der Waals surface area contributed by atoms with Crippen molar-refractivity contribution in [3.8, 4) is 0 Å². The van der Waals surface area contributed by atoms with Crippen LogP contribution in [0.5, 0.6) is 0 Å². The molecular weight excluding hydrogens is 226 g/mol. The fourth-order valence-corrected chi connectivity index (χ4v) is 2.34. The Bertz CT molecular complexity index is 356. The number of aromatic nitrogens is 1. The van der Waals surface area contributed by atoms with E-state index in [0.29, 0.717) is 6.10 Å². The maximum absolute atomic E-state index is 5.82. The standard InChI is InChI=1S/C14H23N3O/c1-3-18-13-6-8-17(9-7-13)14-5-4-12(10-16-14)11(2)15/h4-5,10-11,13H,3,6-9,15H2,1-2H3/t11-/m0/s1. The lowest BCUT2D eigenvalue weighted by Gasteiger charge is -2.32. The third kappa shape index (κ3) is 3.21. The first-order valence-corrected chi connectivity index (χ1v) is 6.78. The Morgan fingerprint density at radius 1 is 1.44 bits per heavy atom. The summed E-state index contributed by atoms with van der Waals surface area (Å²) in [5.41, 5.74) is 6.91. The second-order valence-electron chi connectivity index (χ2n) is 4.88. The van der Waals surface area contributed by atoms with Crippen LogP contribution in [0.25, 0.3) is 0 Å². The molecule has 0 unspecified atom stereocenters. The number of piperidine rings is 1. The molecule has 1 aromatic heterocycles. The molecule has 0 amide bonds. The number of ether oxygens (including phenoxy) is 1. The summed E-state index contributed by atoms with van der Waals surface area (Å²) in [6.07, 6.45) is 4.48. The summed E-state index contributed by atoms with van der Waals surface area (Å²) >= 11 is 0. The quantitative estimate of drug-likeness (QED) is 0.888. The molecule has 1 aliphatic rings. The summed E-state index contributed by atoms with van der Waals surface area (Å²) in [4.78, 5) is 6.82. The van der Waals surface area contributed by atoms with Crippen molar-refractivity contribution in [2.24, 2.45) is 5.73 Å². The Hall–Kier alpha value is -1.13. The first-order chi connectivity index (χ1) is 8.70. The summed E-state index contributed by atoms with van der Waals surface area (Å²) in [5.74, 6) is 1.05. The highest BCUT2D eigenvalue weighted by atomic mass is 16.5. The van der Waals surface area contributed by atoms with Crippen molar-refractivity contribution in [1.29, 1.82) is 0 Å². The van der Waals surface area contributed by atoms with Gasteiger partial charge in [0, 0.05) is 31.9 Å². The van der Waals surface area contributed by atoms with Gasteiger partial charge >= 0.3 is 0 Å². The highest BCUT2D eigenvalue weighted by Gasteiger charge is 2.20. The summed E-state index contributed by atoms with van der Waals surface area (Å²) < 4.78 is 5.65. The van der Waals surface area contributed by atoms with Gasteiger partial charge in [0.1, 0.15) is 5.82 Å². The number of hydrogen-bond donors (Lipinski definition) is 1. The van der Waals surface area contributed by atoms with Crippen molar-refractivity contribution >= 4 is 5.82 Å². The average molecular weight is 249 g/mol. The zero-order valence-electron chi connectivity index (χ0n) is 11.3. The van der Waals surface area contributed by atoms with E-state index in [0.717, 1.165) is 43.9 Å². The molecule has 1 fully saturated rings. The molecule has 2 rings (SSSR count). The molecule has 2 N–H and O–H groups in total. The van der Waals surface area contributed by atoms with Crippen LogP contribution in [0.15, 0.2) is 18.3 Å². The molecule has 0 radical (unpaired) electrons. The largest absolute Gasteiger partial charge is 0.378 e. The Balaban J connectivity index is 1.93. The SMILES string of the molecule is CCOC1CCN(c2ccc([C@H](C)N)cn2)CC1. The van der Waals surface area contributed by atoms with Crippen molar-refractivity contribution in [2.75, 3.05) is 24.6 Å². The van der Waals surface area contributed by atoms with Crippen LogP contribution in [0.2, 0.25) is 0 Å². The molecule has 1 aliphatic heterocycles. The molecule has 1 saturated heterocycles. The van der Waals surface area contributed by atoms with Gasteiger partial charge in [-0.15, -0.1) is 0 Å². The minimum absolute atomic E-state index is 0.0511. The predicted octanol–water partition coefficient (Wildman–Crippen LogP) is 2.11. The fraction of sp³-hybridized carbons (Fsp3) is 0.643. The average Bonchev–Trinajstić information content (AvgIpc) is 2.40. The van der Waals surface area contributed by atoms with E-state index in [4.69, 9.17) is 10.5 Å². The highest BCUT2D eigenvalue weighted by Crippen LogP contribution is 2.20. The number of nitrogens with two attached hydrogens (primary N) is 1. The molecule has 1 aromatic rings. The molecule has 100 valence electrons. The van der Waals surface area contributed by atoms with Gasteiger partial charge in [-0.25, -0.2) is 4.98 Å². The first-order valence-electron chi connectivity index (χ1n) is 6.78. The van der Waals surface area contributed by atoms with Crippen molar-refractivity contribution < 1.29 is 4.74 Å². The van der Waals surface area contributed by atoms with Gasteiger partial charge in [-0.3, -0.25) is 0 Å². The van der Waals surface area contributed by atoms with Crippen LogP contribution < -0.4 is 10.6 Å². The fourth-order valence-electron chi connectivity index (χ4n) is 2.34. The van der Waals surface area contributed by atoms with E-state index < -0.39 is 0 Å². The van der Waals surface area contributed by atoms with Gasteiger partial charge < -0.3 is 15.4 Å². The van der Waals surface area contributed by atoms with Gasteiger partial charge in [0.05, 0.1) is 6.10 Å². The lowest BCUT2D eigenvalue weighted by atomic mass is 10.1. The van der Waals surface area contributed by atoms with Crippen LogP contribution in [-0.4, -0.2) is 30.8 Å². The molecule has 2 heterocycles. The molecule has 0 spiro atoms. The highest BCUT2D eigenvalue weighted by molar-refractivity contribution is 5.40. The number of anilines is 1. The van der Waals surface area contributed by atoms with Crippen LogP contribution in [-0.2, 0) is 4.74 Å². The van der Waals surface area contributed by atoms with Crippen molar-refractivity contribution in [2.45, 2.75) is 38.8 Å². The van der Waals surface area contributed by atoms with E-state index in [9.17, 15) is 0 Å². The van der Waals surface area contributed by atoms with Gasteiger partial charge in [0.25, 0.3) is 0 Å². The Morgan fingerprint density at radius 2 is 2.17 bits per heavy atom. The molecule has 4 heteroatoms. The second kappa shape index (κ2) is 6.16. The van der Waals surface area contributed by atoms with Crippen LogP contribution in [0, 0.1) is 0 Å². The van der Waals surface area contributed by atoms with E-state index in [2.05, 4.69) is 28.9 Å². The normalized spacial score (nSPS) is 18.9. The molecule has 0 bridgehead atoms. The molecular formula is C14H23N3O. The number of nitrogens with zero attached hydrogens (tertiary/aromatic N) is 2. The number of hydrogen-bond acceptors (Lipinski definition) is 4. The Morgan fingerprint density at radius 3 is 2.67 bits per heavy atom. The second-order valence-corrected chi connectivity index (χ2v) is 4.88. The third-order valence-electron chi connectivity index (χ3n) is 3.46. The molecule has 0 saturated carbocycles. The van der Waals surface area contributed by atoms with Gasteiger partial charge in [0.15, 0.2) is 0 Å². The monoisotopic (exact) mass is 249 g/mol. The maximum Gasteiger partial charge on any atom is 0.128 e. The van der Waals surface area contributed by atoms with E-state index in [1.807, 2.05) is 13.1 Å². The summed E-state index contributed by atoms with van der Waals surface area (Å²) in [6, 6.07) is 4.19. The van der Waals surface area contributed by atoms with Crippen molar-refractivity contribution in [3.05, 3.63) is 23.9 Å². The zero-order valence-corrected chi connectivity index (χ0v) is 11.3. The van der Waals surface area contributed by atoms with Crippen LogP contribution in [0.4, 0.5) is 5.82 Å². The molecule has 1 atom stereocenters. The summed E-state index contributed by atoms with van der Waals surface area (Å²) in [7, 11) is 0. The molecule has 18 heavy (non-hydrogen) atoms. The third-order valence-corrected chi connectivity index (χ3v) is 3.46. The topological polar surface area (TPSA) is 51.4 Å². The van der Waals surface area contributed by atoms with Crippen molar-refractivity contribution in [1.82, 2.24) is 4.98 Å². The molecule has 0 aromatic carbocycles.